The fraction of sp³-hybridized carbons (Fsp3) is 0.429. The summed E-state index contributed by atoms with van der Waals surface area (Å²) in [4.78, 5) is 25.5. The van der Waals surface area contributed by atoms with Crippen LogP contribution in [-0.4, -0.2) is 31.0 Å². The number of ether oxygens (including phenoxy) is 1. The second-order valence-corrected chi connectivity index (χ2v) is 5.48. The van der Waals surface area contributed by atoms with E-state index in [-0.39, 0.29) is 19.0 Å². The van der Waals surface area contributed by atoms with Crippen LogP contribution in [0.2, 0.25) is 0 Å². The maximum absolute atomic E-state index is 12.6. The van der Waals surface area contributed by atoms with Crippen molar-refractivity contribution in [3.63, 3.8) is 0 Å². The number of amides is 2. The highest BCUT2D eigenvalue weighted by Gasteiger charge is 2.38. The molecule has 0 aromatic heterocycles. The first-order chi connectivity index (χ1) is 9.36. The van der Waals surface area contributed by atoms with Crippen molar-refractivity contribution in [3.8, 4) is 5.75 Å². The molecule has 1 heterocycles. The Morgan fingerprint density at radius 1 is 1.40 bits per heavy atom. The van der Waals surface area contributed by atoms with E-state index in [4.69, 9.17) is 16.2 Å². The number of hydrogen-bond donors (Lipinski definition) is 2. The van der Waals surface area contributed by atoms with E-state index in [1.807, 2.05) is 6.07 Å². The Kier molecular flexibility index (Phi) is 3.67. The lowest BCUT2D eigenvalue weighted by atomic mass is 9.91. The Morgan fingerprint density at radius 2 is 2.05 bits per heavy atom. The van der Waals surface area contributed by atoms with Gasteiger partial charge in [0.05, 0.1) is 17.6 Å². The average Bonchev–Trinajstić information content (AvgIpc) is 2.45. The molecule has 108 valence electrons. The van der Waals surface area contributed by atoms with Gasteiger partial charge in [0.2, 0.25) is 5.91 Å². The third-order valence-electron chi connectivity index (χ3n) is 3.43. The van der Waals surface area contributed by atoms with E-state index in [9.17, 15) is 9.59 Å². The summed E-state index contributed by atoms with van der Waals surface area (Å²) in [6, 6.07) is 7.07. The minimum Gasteiger partial charge on any atom is -0.477 e. The largest absolute Gasteiger partial charge is 0.477 e. The molecule has 1 aromatic carbocycles. The number of para-hydroxylation sites is 2. The molecule has 0 radical (unpaired) electrons. The van der Waals surface area contributed by atoms with Gasteiger partial charge >= 0.3 is 0 Å². The summed E-state index contributed by atoms with van der Waals surface area (Å²) in [7, 11) is 0. The molecule has 1 unspecified atom stereocenters. The topological polar surface area (TPSA) is 98.7 Å². The van der Waals surface area contributed by atoms with Crippen molar-refractivity contribution in [3.05, 3.63) is 24.3 Å². The van der Waals surface area contributed by atoms with E-state index in [0.717, 1.165) is 0 Å². The van der Waals surface area contributed by atoms with Gasteiger partial charge in [0, 0.05) is 6.54 Å². The van der Waals surface area contributed by atoms with Crippen molar-refractivity contribution in [1.82, 2.24) is 0 Å². The molecule has 0 aliphatic carbocycles. The SMILES string of the molecule is CC(C)(CN)C(=O)N1CC(C(N)=O)Oc2ccccc21. The molecule has 20 heavy (non-hydrogen) atoms. The molecule has 1 aromatic rings. The number of fused-ring (bicyclic) bond motifs is 1. The standard InChI is InChI=1S/C14H19N3O3/c1-14(2,8-15)13(19)17-7-11(12(16)18)20-10-6-4-3-5-9(10)17/h3-6,11H,7-8,15H2,1-2H3,(H2,16,18). The normalized spacial score (nSPS) is 18.1. The summed E-state index contributed by atoms with van der Waals surface area (Å²) in [5, 5.41) is 0. The Bertz CT molecular complexity index is 542. The molecule has 1 aliphatic heterocycles. The van der Waals surface area contributed by atoms with Gasteiger partial charge in [-0.3, -0.25) is 9.59 Å². The quantitative estimate of drug-likeness (QED) is 0.827. The number of carbonyl (C=O) groups is 2. The zero-order valence-electron chi connectivity index (χ0n) is 11.6. The van der Waals surface area contributed by atoms with E-state index in [2.05, 4.69) is 0 Å². The number of rotatable bonds is 3. The average molecular weight is 277 g/mol. The van der Waals surface area contributed by atoms with Gasteiger partial charge in [0.15, 0.2) is 6.10 Å². The number of hydrogen-bond acceptors (Lipinski definition) is 4. The Balaban J connectivity index is 2.41. The predicted molar refractivity (Wildman–Crippen MR) is 75.2 cm³/mol. The highest BCUT2D eigenvalue weighted by molar-refractivity contribution is 6.00. The van der Waals surface area contributed by atoms with E-state index in [1.54, 1.807) is 32.0 Å². The summed E-state index contributed by atoms with van der Waals surface area (Å²) in [5.41, 5.74) is 10.9. The summed E-state index contributed by atoms with van der Waals surface area (Å²) >= 11 is 0. The van der Waals surface area contributed by atoms with Crippen LogP contribution in [0.3, 0.4) is 0 Å². The fourth-order valence-electron chi connectivity index (χ4n) is 2.03. The maximum Gasteiger partial charge on any atom is 0.260 e. The van der Waals surface area contributed by atoms with Crippen molar-refractivity contribution in [1.29, 1.82) is 0 Å². The van der Waals surface area contributed by atoms with Crippen LogP contribution in [0.4, 0.5) is 5.69 Å². The van der Waals surface area contributed by atoms with Gasteiger partial charge in [0.25, 0.3) is 5.91 Å². The molecule has 6 nitrogen and oxygen atoms in total. The van der Waals surface area contributed by atoms with Gasteiger partial charge in [-0.15, -0.1) is 0 Å². The number of benzene rings is 1. The minimum atomic E-state index is -0.845. The summed E-state index contributed by atoms with van der Waals surface area (Å²) in [6.45, 7) is 3.86. The van der Waals surface area contributed by atoms with Gasteiger partial charge in [-0.25, -0.2) is 0 Å². The number of nitrogens with two attached hydrogens (primary N) is 2. The van der Waals surface area contributed by atoms with Crippen LogP contribution in [0.5, 0.6) is 5.75 Å². The second kappa shape index (κ2) is 5.13. The van der Waals surface area contributed by atoms with E-state index >= 15 is 0 Å². The number of carbonyl (C=O) groups excluding carboxylic acids is 2. The maximum atomic E-state index is 12.6. The van der Waals surface area contributed by atoms with Crippen molar-refractivity contribution >= 4 is 17.5 Å². The molecule has 0 saturated carbocycles. The molecule has 2 amide bonds. The number of nitrogens with zero attached hydrogens (tertiary/aromatic N) is 1. The molecule has 4 N–H and O–H groups in total. The lowest BCUT2D eigenvalue weighted by Crippen LogP contribution is -2.53. The van der Waals surface area contributed by atoms with E-state index in [0.29, 0.717) is 11.4 Å². The zero-order chi connectivity index (χ0) is 14.9. The summed E-state index contributed by atoms with van der Waals surface area (Å²) < 4.78 is 5.52. The molecule has 0 spiro atoms. The first-order valence-corrected chi connectivity index (χ1v) is 6.44. The van der Waals surface area contributed by atoms with Crippen LogP contribution in [0.1, 0.15) is 13.8 Å². The monoisotopic (exact) mass is 277 g/mol. The zero-order valence-corrected chi connectivity index (χ0v) is 11.6. The summed E-state index contributed by atoms with van der Waals surface area (Å²) in [5.74, 6) is -0.270. The van der Waals surface area contributed by atoms with Crippen molar-refractivity contribution in [2.75, 3.05) is 18.0 Å². The van der Waals surface area contributed by atoms with Crippen LogP contribution in [0.25, 0.3) is 0 Å². The Labute approximate surface area is 117 Å². The van der Waals surface area contributed by atoms with Crippen LogP contribution >= 0.6 is 0 Å². The smallest absolute Gasteiger partial charge is 0.260 e. The molecule has 0 bridgehead atoms. The van der Waals surface area contributed by atoms with E-state index in [1.165, 1.54) is 4.90 Å². The lowest BCUT2D eigenvalue weighted by molar-refractivity contribution is -0.128. The highest BCUT2D eigenvalue weighted by Crippen LogP contribution is 2.35. The fourth-order valence-corrected chi connectivity index (χ4v) is 2.03. The molecule has 0 fully saturated rings. The highest BCUT2D eigenvalue weighted by atomic mass is 16.5. The van der Waals surface area contributed by atoms with Gasteiger partial charge in [-0.1, -0.05) is 12.1 Å². The van der Waals surface area contributed by atoms with Crippen LogP contribution in [0, 0.1) is 5.41 Å². The van der Waals surface area contributed by atoms with Crippen LogP contribution < -0.4 is 21.1 Å². The molecular formula is C14H19N3O3. The molecular weight excluding hydrogens is 258 g/mol. The summed E-state index contributed by atoms with van der Waals surface area (Å²) in [6.07, 6.45) is -0.845. The van der Waals surface area contributed by atoms with Gasteiger partial charge in [-0.05, 0) is 26.0 Å². The first kappa shape index (κ1) is 14.3. The van der Waals surface area contributed by atoms with Gasteiger partial charge in [0.1, 0.15) is 5.75 Å². The van der Waals surface area contributed by atoms with Crippen LogP contribution in [-0.2, 0) is 9.59 Å². The van der Waals surface area contributed by atoms with E-state index < -0.39 is 17.4 Å². The molecule has 2 rings (SSSR count). The Hall–Kier alpha value is -2.08. The minimum absolute atomic E-state index is 0.106. The first-order valence-electron chi connectivity index (χ1n) is 6.44. The second-order valence-electron chi connectivity index (χ2n) is 5.48. The lowest BCUT2D eigenvalue weighted by Gasteiger charge is -2.37. The van der Waals surface area contributed by atoms with Crippen LogP contribution in [0.15, 0.2) is 24.3 Å². The third-order valence-corrected chi connectivity index (χ3v) is 3.43. The van der Waals surface area contributed by atoms with Crippen molar-refractivity contribution in [2.45, 2.75) is 20.0 Å². The number of anilines is 1. The predicted octanol–water partition coefficient (Wildman–Crippen LogP) is 0.251. The molecule has 1 atom stereocenters. The van der Waals surface area contributed by atoms with Gasteiger partial charge < -0.3 is 21.1 Å². The van der Waals surface area contributed by atoms with Crippen molar-refractivity contribution < 1.29 is 14.3 Å². The Morgan fingerprint density at radius 3 is 2.65 bits per heavy atom. The molecule has 6 heteroatoms. The number of primary amides is 1. The van der Waals surface area contributed by atoms with Gasteiger partial charge in [-0.2, -0.15) is 0 Å². The van der Waals surface area contributed by atoms with Crippen molar-refractivity contribution in [2.24, 2.45) is 16.9 Å². The molecule has 1 aliphatic rings. The molecule has 0 saturated heterocycles. The third kappa shape index (κ3) is 2.46.